The maximum absolute atomic E-state index is 12.6. The van der Waals surface area contributed by atoms with Crippen LogP contribution in [0.4, 0.5) is 0 Å². The number of hydrogen-bond donors (Lipinski definition) is 1. The van der Waals surface area contributed by atoms with Crippen molar-refractivity contribution in [2.24, 2.45) is 5.92 Å². The van der Waals surface area contributed by atoms with Gasteiger partial charge in [-0.2, -0.15) is 0 Å². The molecule has 3 rings (SSSR count). The Morgan fingerprint density at radius 3 is 2.91 bits per heavy atom. The van der Waals surface area contributed by atoms with E-state index in [4.69, 9.17) is 23.2 Å². The molecule has 0 aromatic rings. The molecule has 1 heterocycles. The van der Waals surface area contributed by atoms with Crippen LogP contribution in [-0.2, 0) is 14.6 Å². The molecule has 1 saturated heterocycles. The van der Waals surface area contributed by atoms with E-state index in [2.05, 4.69) is 5.32 Å². The summed E-state index contributed by atoms with van der Waals surface area (Å²) < 4.78 is 25.3. The van der Waals surface area contributed by atoms with Gasteiger partial charge in [-0.1, -0.05) is 35.9 Å². The third kappa shape index (κ3) is 3.03. The molecule has 0 bridgehead atoms. The van der Waals surface area contributed by atoms with E-state index in [0.717, 1.165) is 11.3 Å². The lowest BCUT2D eigenvalue weighted by Gasteiger charge is -2.24. The fourth-order valence-corrected chi connectivity index (χ4v) is 5.30. The van der Waals surface area contributed by atoms with Crippen molar-refractivity contribution in [1.29, 1.82) is 0 Å². The maximum atomic E-state index is 12.6. The summed E-state index contributed by atoms with van der Waals surface area (Å²) in [6, 6.07) is 0. The van der Waals surface area contributed by atoms with E-state index in [-0.39, 0.29) is 24.0 Å². The van der Waals surface area contributed by atoms with Crippen molar-refractivity contribution in [1.82, 2.24) is 5.32 Å². The van der Waals surface area contributed by atoms with Gasteiger partial charge in [-0.25, -0.2) is 8.42 Å². The first-order valence-electron chi connectivity index (χ1n) is 6.97. The van der Waals surface area contributed by atoms with Gasteiger partial charge in [-0.15, -0.1) is 11.6 Å². The zero-order chi connectivity index (χ0) is 15.9. The largest absolute Gasteiger partial charge is 0.326 e. The molecule has 1 fully saturated rings. The third-order valence-electron chi connectivity index (χ3n) is 4.05. The van der Waals surface area contributed by atoms with Crippen molar-refractivity contribution in [2.45, 2.75) is 23.5 Å². The minimum absolute atomic E-state index is 0.0548. The van der Waals surface area contributed by atoms with E-state index < -0.39 is 20.5 Å². The molecule has 0 aromatic carbocycles. The van der Waals surface area contributed by atoms with Crippen LogP contribution in [0.25, 0.3) is 0 Å². The van der Waals surface area contributed by atoms with Gasteiger partial charge in [0.15, 0.2) is 9.84 Å². The zero-order valence-electron chi connectivity index (χ0n) is 11.6. The van der Waals surface area contributed by atoms with Crippen molar-refractivity contribution in [3.63, 3.8) is 0 Å². The van der Waals surface area contributed by atoms with Crippen LogP contribution in [0.2, 0.25) is 0 Å². The lowest BCUT2D eigenvalue weighted by molar-refractivity contribution is -0.118. The van der Waals surface area contributed by atoms with Crippen LogP contribution >= 0.6 is 23.2 Å². The lowest BCUT2D eigenvalue weighted by atomic mass is 10.0. The number of fused-ring (bicyclic) bond motifs is 1. The first-order valence-corrected chi connectivity index (χ1v) is 9.50. The molecule has 1 aliphatic heterocycles. The van der Waals surface area contributed by atoms with Gasteiger partial charge in [0.05, 0.1) is 22.8 Å². The van der Waals surface area contributed by atoms with Gasteiger partial charge in [0, 0.05) is 16.6 Å². The normalized spacial score (nSPS) is 31.1. The highest BCUT2D eigenvalue weighted by atomic mass is 35.5. The van der Waals surface area contributed by atoms with Crippen molar-refractivity contribution in [3.8, 4) is 0 Å². The molecule has 3 atom stereocenters. The average molecular weight is 360 g/mol. The second-order valence-corrected chi connectivity index (χ2v) is 8.81. The molecule has 0 radical (unpaired) electrons. The first kappa shape index (κ1) is 15.8. The van der Waals surface area contributed by atoms with E-state index in [1.807, 2.05) is 0 Å². The number of rotatable bonds is 3. The molecule has 0 aromatic heterocycles. The van der Waals surface area contributed by atoms with Gasteiger partial charge in [0.2, 0.25) is 5.91 Å². The van der Waals surface area contributed by atoms with Crippen LogP contribution in [0.1, 0.15) is 12.8 Å². The summed E-state index contributed by atoms with van der Waals surface area (Å²) in [5, 5.41) is 2.06. The first-order chi connectivity index (χ1) is 10.4. The molecule has 3 unspecified atom stereocenters. The lowest BCUT2D eigenvalue weighted by Crippen LogP contribution is -2.31. The molecule has 1 amide bonds. The Morgan fingerprint density at radius 1 is 1.36 bits per heavy atom. The monoisotopic (exact) mass is 359 g/mol. The van der Waals surface area contributed by atoms with Crippen LogP contribution in [-0.4, -0.2) is 30.7 Å². The highest BCUT2D eigenvalue weighted by Gasteiger charge is 2.34. The Hall–Kier alpha value is -1.04. The van der Waals surface area contributed by atoms with E-state index >= 15 is 0 Å². The number of sulfone groups is 1. The summed E-state index contributed by atoms with van der Waals surface area (Å²) in [6.45, 7) is 0. The minimum Gasteiger partial charge on any atom is -0.326 e. The van der Waals surface area contributed by atoms with Gasteiger partial charge in [-0.3, -0.25) is 4.79 Å². The summed E-state index contributed by atoms with van der Waals surface area (Å²) >= 11 is 12.2. The smallest absolute Gasteiger partial charge is 0.228 e. The van der Waals surface area contributed by atoms with Crippen LogP contribution in [0.15, 0.2) is 46.7 Å². The molecule has 0 saturated carbocycles. The SMILES string of the molecule is O=C1CC2=CC(S(=O)(=O)CC3C=CC=C(Cl)C3Cl)CC=C2N1. The standard InChI is InChI=1S/C15H15Cl2NO3S/c16-12-3-1-2-9(15(12)17)8-22(20,21)11-4-5-13-10(6-11)7-14(19)18-13/h1-3,5-6,9,11,15H,4,7-8H2,(H,18,19). The summed E-state index contributed by atoms with van der Waals surface area (Å²) in [7, 11) is -3.38. The van der Waals surface area contributed by atoms with Crippen LogP contribution < -0.4 is 5.32 Å². The Labute approximate surface area is 139 Å². The van der Waals surface area contributed by atoms with Gasteiger partial charge < -0.3 is 5.32 Å². The molecule has 0 spiro atoms. The Bertz CT molecular complexity index is 734. The van der Waals surface area contributed by atoms with Gasteiger partial charge in [0.25, 0.3) is 0 Å². The Kier molecular flexibility index (Phi) is 4.23. The van der Waals surface area contributed by atoms with Gasteiger partial charge in [0.1, 0.15) is 0 Å². The zero-order valence-corrected chi connectivity index (χ0v) is 14.0. The van der Waals surface area contributed by atoms with E-state index in [0.29, 0.717) is 11.5 Å². The molecule has 7 heteroatoms. The van der Waals surface area contributed by atoms with Gasteiger partial charge in [-0.05, 0) is 18.1 Å². The number of amides is 1. The van der Waals surface area contributed by atoms with Crippen LogP contribution in [0, 0.1) is 5.92 Å². The Morgan fingerprint density at radius 2 is 2.14 bits per heavy atom. The van der Waals surface area contributed by atoms with E-state index in [9.17, 15) is 13.2 Å². The molecule has 3 aliphatic rings. The molecular weight excluding hydrogens is 345 g/mol. The fourth-order valence-electron chi connectivity index (χ4n) is 2.87. The molecule has 118 valence electrons. The van der Waals surface area contributed by atoms with Gasteiger partial charge >= 0.3 is 0 Å². The second-order valence-electron chi connectivity index (χ2n) is 5.64. The van der Waals surface area contributed by atoms with Crippen LogP contribution in [0.5, 0.6) is 0 Å². The molecule has 4 nitrogen and oxygen atoms in total. The van der Waals surface area contributed by atoms with E-state index in [1.54, 1.807) is 30.4 Å². The summed E-state index contributed by atoms with van der Waals surface area (Å²) in [5.74, 6) is -0.486. The number of hydrogen-bond acceptors (Lipinski definition) is 3. The quantitative estimate of drug-likeness (QED) is 0.787. The topological polar surface area (TPSA) is 63.2 Å². The number of alkyl halides is 1. The fraction of sp³-hybridized carbons (Fsp3) is 0.400. The summed E-state index contributed by atoms with van der Waals surface area (Å²) in [6.07, 6.45) is 9.27. The average Bonchev–Trinajstić information content (AvgIpc) is 2.82. The van der Waals surface area contributed by atoms with Crippen molar-refractivity contribution in [3.05, 3.63) is 46.7 Å². The molecule has 22 heavy (non-hydrogen) atoms. The van der Waals surface area contributed by atoms with Crippen molar-refractivity contribution < 1.29 is 13.2 Å². The number of carbonyl (C=O) groups is 1. The van der Waals surface area contributed by atoms with Crippen molar-refractivity contribution in [2.75, 3.05) is 5.75 Å². The predicted octanol–water partition coefficient (Wildman–Crippen LogP) is 2.42. The van der Waals surface area contributed by atoms with Crippen molar-refractivity contribution >= 4 is 38.9 Å². The second kappa shape index (κ2) is 5.87. The number of nitrogens with one attached hydrogen (secondary N) is 1. The number of allylic oxidation sites excluding steroid dienone is 6. The molecule has 2 aliphatic carbocycles. The highest BCUT2D eigenvalue weighted by Crippen LogP contribution is 2.32. The maximum Gasteiger partial charge on any atom is 0.228 e. The minimum atomic E-state index is -3.38. The summed E-state index contributed by atoms with van der Waals surface area (Å²) in [4.78, 5) is 11.4. The predicted molar refractivity (Wildman–Crippen MR) is 87.3 cm³/mol. The number of carbonyl (C=O) groups excluding carboxylic acids is 1. The number of halogens is 2. The summed E-state index contributed by atoms with van der Waals surface area (Å²) in [5.41, 5.74) is 1.51. The van der Waals surface area contributed by atoms with E-state index in [1.165, 1.54) is 0 Å². The Balaban J connectivity index is 1.76. The van der Waals surface area contributed by atoms with Crippen LogP contribution in [0.3, 0.4) is 0 Å². The highest BCUT2D eigenvalue weighted by molar-refractivity contribution is 7.92. The molecular formula is C15H15Cl2NO3S. The molecule has 1 N–H and O–H groups in total. The third-order valence-corrected chi connectivity index (χ3v) is 7.18.